The topological polar surface area (TPSA) is 37.8 Å². The zero-order valence-corrected chi connectivity index (χ0v) is 26.9. The van der Waals surface area contributed by atoms with Crippen LogP contribution in [0.15, 0.2) is 122 Å². The van der Waals surface area contributed by atoms with E-state index in [-0.39, 0.29) is 11.6 Å². The van der Waals surface area contributed by atoms with Gasteiger partial charge in [0.1, 0.15) is 0 Å². The lowest BCUT2D eigenvalue weighted by Gasteiger charge is -2.53. The molecule has 1 N–H and O–H groups in total. The maximum Gasteiger partial charge on any atom is 0.0702 e. The normalized spacial score (nSPS) is 28.1. The van der Waals surface area contributed by atoms with Gasteiger partial charge >= 0.3 is 0 Å². The third-order valence-electron chi connectivity index (χ3n) is 11.0. The van der Waals surface area contributed by atoms with E-state index in [0.717, 1.165) is 35.4 Å². The average molecular weight is 592 g/mol. The Bertz CT molecular complexity index is 1700. The number of nitrogens with zero attached hydrogens (tertiary/aromatic N) is 2. The van der Waals surface area contributed by atoms with Crippen LogP contribution in [0, 0.1) is 17.8 Å². The second kappa shape index (κ2) is 12.7. The molecule has 1 fully saturated rings. The third-order valence-corrected chi connectivity index (χ3v) is 11.0. The Labute approximate surface area is 269 Å². The van der Waals surface area contributed by atoms with Crippen LogP contribution in [0.3, 0.4) is 0 Å². The molecule has 7 rings (SSSR count). The van der Waals surface area contributed by atoms with Crippen LogP contribution in [0.5, 0.6) is 0 Å². The molecule has 4 aromatic rings. The van der Waals surface area contributed by atoms with Crippen LogP contribution in [0.25, 0.3) is 28.1 Å². The zero-order chi connectivity index (χ0) is 30.8. The van der Waals surface area contributed by atoms with Gasteiger partial charge in [0.25, 0.3) is 0 Å². The lowest BCUT2D eigenvalue weighted by Crippen LogP contribution is -2.59. The van der Waals surface area contributed by atoms with Crippen molar-refractivity contribution in [2.24, 2.45) is 17.8 Å². The highest BCUT2D eigenvalue weighted by Crippen LogP contribution is 2.49. The highest BCUT2D eigenvalue weighted by molar-refractivity contribution is 5.73. The Morgan fingerprint density at radius 2 is 1.60 bits per heavy atom. The number of hydrogen-bond donors (Lipinski definition) is 1. The van der Waals surface area contributed by atoms with Gasteiger partial charge in [0, 0.05) is 35.1 Å². The smallest absolute Gasteiger partial charge is 0.0702 e. The van der Waals surface area contributed by atoms with E-state index in [1.54, 1.807) is 0 Å². The second-order valence-corrected chi connectivity index (χ2v) is 13.7. The summed E-state index contributed by atoms with van der Waals surface area (Å²) in [6.07, 6.45) is 21.4. The first kappa shape index (κ1) is 29.6. The van der Waals surface area contributed by atoms with E-state index < -0.39 is 0 Å². The van der Waals surface area contributed by atoms with Crippen LogP contribution in [0.4, 0.5) is 0 Å². The highest BCUT2D eigenvalue weighted by Gasteiger charge is 2.47. The molecule has 0 bridgehead atoms. The summed E-state index contributed by atoms with van der Waals surface area (Å²) in [5.41, 5.74) is 9.71. The molecule has 1 saturated heterocycles. The minimum atomic E-state index is -0.0733. The molecule has 0 amide bonds. The van der Waals surface area contributed by atoms with Crippen LogP contribution >= 0.6 is 0 Å². The van der Waals surface area contributed by atoms with Crippen LogP contribution in [0.1, 0.15) is 81.5 Å². The number of hydrogen-bond acceptors (Lipinski definition) is 3. The van der Waals surface area contributed by atoms with Gasteiger partial charge in [0.05, 0.1) is 11.4 Å². The molecule has 0 spiro atoms. The molecule has 3 nitrogen and oxygen atoms in total. The molecule has 2 aromatic carbocycles. The van der Waals surface area contributed by atoms with E-state index in [1.807, 2.05) is 12.3 Å². The standard InChI is InChI=1S/C42H45N3/c1-29-14-10-11-19-37(29)32-21-22-40(44-28-32)35-25-33(24-34(26-35)39-20-12-13-23-43-39)38-27-41(31-15-6-4-7-16-31)45-42(3,30(38)2)36-17-8-5-9-18-36/h4-9,12-13,15-17,19-26,28-30,36,38,41,45H,10-11,14,18,27H2,1-3H3/t29-,30?,36?,38?,41?,42?/m0/s1. The predicted octanol–water partition coefficient (Wildman–Crippen LogP) is 10.4. The van der Waals surface area contributed by atoms with Gasteiger partial charge in [-0.2, -0.15) is 0 Å². The summed E-state index contributed by atoms with van der Waals surface area (Å²) in [6.45, 7) is 7.26. The fraction of sp³-hybridized carbons (Fsp3) is 0.333. The molecule has 0 saturated carbocycles. The maximum absolute atomic E-state index is 5.07. The van der Waals surface area contributed by atoms with Gasteiger partial charge in [-0.05, 0) is 121 Å². The van der Waals surface area contributed by atoms with Crippen LogP contribution < -0.4 is 5.32 Å². The van der Waals surface area contributed by atoms with Crippen molar-refractivity contribution in [2.75, 3.05) is 0 Å². The first-order valence-electron chi connectivity index (χ1n) is 16.9. The van der Waals surface area contributed by atoms with Gasteiger partial charge in [-0.25, -0.2) is 0 Å². The molecule has 2 aliphatic carbocycles. The Morgan fingerprint density at radius 3 is 2.29 bits per heavy atom. The van der Waals surface area contributed by atoms with Gasteiger partial charge in [0.2, 0.25) is 0 Å². The van der Waals surface area contributed by atoms with Gasteiger partial charge in [-0.1, -0.05) is 86.7 Å². The zero-order valence-electron chi connectivity index (χ0n) is 26.9. The fourth-order valence-corrected chi connectivity index (χ4v) is 8.11. The van der Waals surface area contributed by atoms with E-state index in [4.69, 9.17) is 9.97 Å². The molecule has 3 heteroatoms. The lowest BCUT2D eigenvalue weighted by atomic mass is 9.62. The fourth-order valence-electron chi connectivity index (χ4n) is 8.11. The average Bonchev–Trinajstić information content (AvgIpc) is 3.10. The number of rotatable bonds is 6. The Hall–Kier alpha value is -4.08. The van der Waals surface area contributed by atoms with Crippen molar-refractivity contribution in [1.29, 1.82) is 0 Å². The molecular weight excluding hydrogens is 546 g/mol. The minimum absolute atomic E-state index is 0.0733. The molecule has 5 unspecified atom stereocenters. The van der Waals surface area contributed by atoms with E-state index in [0.29, 0.717) is 23.7 Å². The molecule has 1 aliphatic heterocycles. The van der Waals surface area contributed by atoms with Crippen molar-refractivity contribution in [1.82, 2.24) is 15.3 Å². The van der Waals surface area contributed by atoms with Gasteiger partial charge in [-0.3, -0.25) is 9.97 Å². The Balaban J connectivity index is 1.32. The molecule has 6 atom stereocenters. The largest absolute Gasteiger partial charge is 0.304 e. The van der Waals surface area contributed by atoms with E-state index in [9.17, 15) is 0 Å². The predicted molar refractivity (Wildman–Crippen MR) is 188 cm³/mol. The SMILES string of the molecule is CC1C(c2cc(-c3ccccn3)cc(-c3ccc(C4=CCCC[C@@H]4C)cn3)c2)CC(c2ccccc2)NC1(C)C1C=CC=CC1. The summed E-state index contributed by atoms with van der Waals surface area (Å²) in [4.78, 5) is 9.85. The van der Waals surface area contributed by atoms with E-state index in [2.05, 4.69) is 135 Å². The molecule has 45 heavy (non-hydrogen) atoms. The maximum atomic E-state index is 5.07. The van der Waals surface area contributed by atoms with Gasteiger partial charge < -0.3 is 5.32 Å². The molecule has 0 radical (unpaired) electrons. The van der Waals surface area contributed by atoms with Crippen molar-refractivity contribution in [3.05, 3.63) is 138 Å². The summed E-state index contributed by atoms with van der Waals surface area (Å²) in [5.74, 6) is 1.78. The van der Waals surface area contributed by atoms with Crippen LogP contribution in [0.2, 0.25) is 0 Å². The number of allylic oxidation sites excluding steroid dienone is 5. The monoisotopic (exact) mass is 591 g/mol. The number of pyridine rings is 2. The van der Waals surface area contributed by atoms with Gasteiger partial charge in [0.15, 0.2) is 0 Å². The van der Waals surface area contributed by atoms with E-state index in [1.165, 1.54) is 41.5 Å². The van der Waals surface area contributed by atoms with Crippen molar-refractivity contribution >= 4 is 5.57 Å². The quantitative estimate of drug-likeness (QED) is 0.242. The second-order valence-electron chi connectivity index (χ2n) is 13.7. The van der Waals surface area contributed by atoms with Crippen molar-refractivity contribution in [3.63, 3.8) is 0 Å². The van der Waals surface area contributed by atoms with Crippen molar-refractivity contribution in [2.45, 2.75) is 70.4 Å². The third kappa shape index (κ3) is 5.99. The molecular formula is C42H45N3. The summed E-state index contributed by atoms with van der Waals surface area (Å²) in [7, 11) is 0. The van der Waals surface area contributed by atoms with Crippen molar-refractivity contribution < 1.29 is 0 Å². The first-order valence-corrected chi connectivity index (χ1v) is 16.9. The van der Waals surface area contributed by atoms with Crippen molar-refractivity contribution in [3.8, 4) is 22.5 Å². The summed E-state index contributed by atoms with van der Waals surface area (Å²) in [5, 5.41) is 4.18. The number of aromatic nitrogens is 2. The first-order chi connectivity index (χ1) is 22.0. The number of nitrogens with one attached hydrogen (secondary N) is 1. The Morgan fingerprint density at radius 1 is 0.800 bits per heavy atom. The number of benzene rings is 2. The Kier molecular flexibility index (Phi) is 8.38. The summed E-state index contributed by atoms with van der Waals surface area (Å²) < 4.78 is 0. The molecule has 3 aliphatic rings. The van der Waals surface area contributed by atoms with E-state index >= 15 is 0 Å². The molecule has 2 aromatic heterocycles. The van der Waals surface area contributed by atoms with Gasteiger partial charge in [-0.15, -0.1) is 0 Å². The highest BCUT2D eigenvalue weighted by atomic mass is 15.0. The van der Waals surface area contributed by atoms with Crippen LogP contribution in [-0.2, 0) is 0 Å². The lowest BCUT2D eigenvalue weighted by molar-refractivity contribution is 0.0874. The molecule has 228 valence electrons. The van der Waals surface area contributed by atoms with Crippen LogP contribution in [-0.4, -0.2) is 15.5 Å². The molecule has 3 heterocycles. The summed E-state index contributed by atoms with van der Waals surface area (Å²) >= 11 is 0. The minimum Gasteiger partial charge on any atom is -0.304 e. The number of piperidine rings is 1. The summed E-state index contributed by atoms with van der Waals surface area (Å²) in [6, 6.07) is 29.1.